The Kier molecular flexibility index (Phi) is 5.87. The minimum atomic E-state index is -4.21. The molecule has 170 valence electrons. The summed E-state index contributed by atoms with van der Waals surface area (Å²) in [5.74, 6) is -0.434. The largest absolute Gasteiger partial charge is 0.296 e. The molecule has 0 atom stereocenters. The summed E-state index contributed by atoms with van der Waals surface area (Å²) in [5, 5.41) is 10.0. The maximum Gasteiger partial charge on any atom is 0.296 e. The van der Waals surface area contributed by atoms with Gasteiger partial charge in [0.15, 0.2) is 0 Å². The predicted octanol–water partition coefficient (Wildman–Crippen LogP) is 2.70. The number of aryl methyl sites for hydroxylation is 1. The highest BCUT2D eigenvalue weighted by Crippen LogP contribution is 2.24. The van der Waals surface area contributed by atoms with Crippen molar-refractivity contribution in [1.29, 1.82) is 0 Å². The first-order valence-electron chi connectivity index (χ1n) is 9.76. The standard InChI is InChI=1S/C21H20N6O4S2/c1-13-8-7-9-15(12-13)18(28)22-20-23-24-21(32-20)33(30,31)25-17-14(2)26(3)27(19(17)29)16-10-5-4-6-11-16/h4-12,25H,1-3H3,(H,22,23,28). The Morgan fingerprint density at radius 2 is 1.76 bits per heavy atom. The van der Waals surface area contributed by atoms with Gasteiger partial charge in [-0.2, -0.15) is 8.42 Å². The number of amides is 1. The van der Waals surface area contributed by atoms with E-state index in [0.29, 0.717) is 28.3 Å². The summed E-state index contributed by atoms with van der Waals surface area (Å²) in [6.45, 7) is 3.49. The number of nitrogens with one attached hydrogen (secondary N) is 2. The molecule has 4 rings (SSSR count). The fourth-order valence-electron chi connectivity index (χ4n) is 3.19. The van der Waals surface area contributed by atoms with Crippen molar-refractivity contribution in [3.8, 4) is 5.69 Å². The van der Waals surface area contributed by atoms with Gasteiger partial charge in [0.2, 0.25) is 5.13 Å². The molecule has 0 spiro atoms. The molecule has 33 heavy (non-hydrogen) atoms. The molecule has 4 aromatic rings. The number of aromatic nitrogens is 4. The average molecular weight is 485 g/mol. The van der Waals surface area contributed by atoms with Crippen LogP contribution >= 0.6 is 11.3 Å². The Morgan fingerprint density at radius 3 is 2.45 bits per heavy atom. The van der Waals surface area contributed by atoms with Crippen molar-refractivity contribution in [2.45, 2.75) is 18.2 Å². The molecule has 2 aromatic heterocycles. The van der Waals surface area contributed by atoms with E-state index in [4.69, 9.17) is 0 Å². The highest BCUT2D eigenvalue weighted by Gasteiger charge is 2.26. The maximum absolute atomic E-state index is 13.0. The van der Waals surface area contributed by atoms with E-state index in [9.17, 15) is 18.0 Å². The molecule has 0 fully saturated rings. The molecule has 12 heteroatoms. The molecule has 0 aliphatic rings. The lowest BCUT2D eigenvalue weighted by Crippen LogP contribution is -2.23. The highest BCUT2D eigenvalue weighted by molar-refractivity contribution is 7.94. The summed E-state index contributed by atoms with van der Waals surface area (Å²) >= 11 is 0.685. The van der Waals surface area contributed by atoms with Crippen molar-refractivity contribution in [1.82, 2.24) is 19.6 Å². The van der Waals surface area contributed by atoms with Crippen molar-refractivity contribution in [3.63, 3.8) is 0 Å². The second kappa shape index (κ2) is 8.64. The molecule has 1 amide bonds. The molecule has 10 nitrogen and oxygen atoms in total. The lowest BCUT2D eigenvalue weighted by Gasteiger charge is -2.07. The van der Waals surface area contributed by atoms with Gasteiger partial charge in [-0.3, -0.25) is 24.3 Å². The van der Waals surface area contributed by atoms with Gasteiger partial charge in [-0.25, -0.2) is 4.68 Å². The number of nitrogens with zero attached hydrogens (tertiary/aromatic N) is 4. The molecule has 0 aliphatic carbocycles. The molecule has 0 radical (unpaired) electrons. The van der Waals surface area contributed by atoms with Crippen molar-refractivity contribution < 1.29 is 13.2 Å². The normalized spacial score (nSPS) is 11.4. The molecule has 2 aromatic carbocycles. The molecule has 0 unspecified atom stereocenters. The van der Waals surface area contributed by atoms with Crippen molar-refractivity contribution >= 4 is 38.1 Å². The highest BCUT2D eigenvalue weighted by atomic mass is 32.2. The van der Waals surface area contributed by atoms with Crippen LogP contribution in [0.4, 0.5) is 10.8 Å². The first-order chi connectivity index (χ1) is 15.7. The van der Waals surface area contributed by atoms with Crippen molar-refractivity contribution in [3.05, 3.63) is 81.8 Å². The lowest BCUT2D eigenvalue weighted by molar-refractivity contribution is 0.102. The molecule has 0 aliphatic heterocycles. The fraction of sp³-hybridized carbons (Fsp3) is 0.143. The summed E-state index contributed by atoms with van der Waals surface area (Å²) in [6, 6.07) is 15.8. The number of sulfonamides is 1. The van der Waals surface area contributed by atoms with Gasteiger partial charge in [0.25, 0.3) is 25.8 Å². The minimum Gasteiger partial charge on any atom is -0.296 e. The predicted molar refractivity (Wildman–Crippen MR) is 126 cm³/mol. The van der Waals surface area contributed by atoms with Crippen LogP contribution in [0.25, 0.3) is 5.69 Å². The Bertz CT molecular complexity index is 1500. The fourth-order valence-corrected chi connectivity index (χ4v) is 5.20. The monoisotopic (exact) mass is 484 g/mol. The van der Waals surface area contributed by atoms with Crippen LogP contribution < -0.4 is 15.6 Å². The molecule has 0 bridgehead atoms. The third-order valence-corrected chi connectivity index (χ3v) is 7.48. The molecule has 0 saturated heterocycles. The second-order valence-electron chi connectivity index (χ2n) is 7.24. The van der Waals surface area contributed by atoms with Crippen LogP contribution in [0, 0.1) is 13.8 Å². The maximum atomic E-state index is 13.0. The van der Waals surface area contributed by atoms with Crippen LogP contribution in [0.1, 0.15) is 21.6 Å². The SMILES string of the molecule is Cc1cccc(C(=O)Nc2nnc(S(=O)(=O)Nc3c(C)n(C)n(-c4ccccc4)c3=O)s2)c1. The zero-order valence-electron chi connectivity index (χ0n) is 17.9. The van der Waals surface area contributed by atoms with E-state index < -0.39 is 21.5 Å². The van der Waals surface area contributed by atoms with Gasteiger partial charge in [-0.15, -0.1) is 10.2 Å². The van der Waals surface area contributed by atoms with Crippen LogP contribution in [0.15, 0.2) is 63.7 Å². The summed E-state index contributed by atoms with van der Waals surface area (Å²) in [4.78, 5) is 25.4. The van der Waals surface area contributed by atoms with Crippen LogP contribution in [0.3, 0.4) is 0 Å². The van der Waals surface area contributed by atoms with Gasteiger partial charge in [0.05, 0.1) is 11.4 Å². The molecular formula is C21H20N6O4S2. The third kappa shape index (κ3) is 4.43. The van der Waals surface area contributed by atoms with Gasteiger partial charge < -0.3 is 0 Å². The number of hydrogen-bond donors (Lipinski definition) is 2. The second-order valence-corrected chi connectivity index (χ2v) is 10.1. The number of carbonyl (C=O) groups is 1. The van der Waals surface area contributed by atoms with E-state index in [1.165, 1.54) is 4.68 Å². The number of rotatable bonds is 6. The van der Waals surface area contributed by atoms with Gasteiger partial charge >= 0.3 is 0 Å². The Morgan fingerprint density at radius 1 is 1.03 bits per heavy atom. The lowest BCUT2D eigenvalue weighted by atomic mass is 10.1. The van der Waals surface area contributed by atoms with Gasteiger partial charge in [-0.1, -0.05) is 47.2 Å². The van der Waals surface area contributed by atoms with Gasteiger partial charge in [0.1, 0.15) is 5.69 Å². The topological polar surface area (TPSA) is 128 Å². The summed E-state index contributed by atoms with van der Waals surface area (Å²) in [6.07, 6.45) is 0. The van der Waals surface area contributed by atoms with Crippen LogP contribution in [-0.2, 0) is 17.1 Å². The third-order valence-electron chi connectivity index (χ3n) is 4.93. The molecular weight excluding hydrogens is 464 g/mol. The van der Waals surface area contributed by atoms with Crippen molar-refractivity contribution in [2.75, 3.05) is 10.0 Å². The average Bonchev–Trinajstić information content (AvgIpc) is 3.34. The van der Waals surface area contributed by atoms with E-state index in [-0.39, 0.29) is 15.2 Å². The molecule has 2 heterocycles. The van der Waals surface area contributed by atoms with E-state index in [0.717, 1.165) is 5.56 Å². The van der Waals surface area contributed by atoms with Crippen LogP contribution in [0.5, 0.6) is 0 Å². The Labute approximate surface area is 193 Å². The number of para-hydroxylation sites is 1. The van der Waals surface area contributed by atoms with Crippen LogP contribution in [-0.4, -0.2) is 33.9 Å². The first kappa shape index (κ1) is 22.4. The summed E-state index contributed by atoms with van der Waals surface area (Å²) in [5.41, 5.74) is 1.71. The Balaban J connectivity index is 1.59. The van der Waals surface area contributed by atoms with Gasteiger partial charge in [-0.05, 0) is 38.1 Å². The van der Waals surface area contributed by atoms with E-state index in [1.807, 2.05) is 19.1 Å². The van der Waals surface area contributed by atoms with Gasteiger partial charge in [0, 0.05) is 12.6 Å². The van der Waals surface area contributed by atoms with Crippen molar-refractivity contribution in [2.24, 2.45) is 7.05 Å². The smallest absolute Gasteiger partial charge is 0.296 e. The zero-order chi connectivity index (χ0) is 23.8. The summed E-state index contributed by atoms with van der Waals surface area (Å²) < 4.78 is 30.7. The number of anilines is 2. The van der Waals surface area contributed by atoms with E-state index in [2.05, 4.69) is 20.2 Å². The number of carbonyl (C=O) groups excluding carboxylic acids is 1. The quantitative estimate of drug-likeness (QED) is 0.405. The van der Waals surface area contributed by atoms with E-state index in [1.54, 1.807) is 61.1 Å². The zero-order valence-corrected chi connectivity index (χ0v) is 19.6. The number of benzene rings is 2. The van der Waals surface area contributed by atoms with Crippen LogP contribution in [0.2, 0.25) is 0 Å². The van der Waals surface area contributed by atoms with E-state index >= 15 is 0 Å². The Hall–Kier alpha value is -3.77. The molecule has 0 saturated carbocycles. The first-order valence-corrected chi connectivity index (χ1v) is 12.1. The minimum absolute atomic E-state index is 0.0216. The number of hydrogen-bond acceptors (Lipinski definition) is 7. The summed E-state index contributed by atoms with van der Waals surface area (Å²) in [7, 11) is -2.56. The molecule has 2 N–H and O–H groups in total.